The highest BCUT2D eigenvalue weighted by molar-refractivity contribution is 5.87. The Kier molecular flexibility index (Phi) is 4.97. The van der Waals surface area contributed by atoms with Crippen molar-refractivity contribution in [3.8, 4) is 5.75 Å². The van der Waals surface area contributed by atoms with Gasteiger partial charge in [0.25, 0.3) is 0 Å². The predicted octanol–water partition coefficient (Wildman–Crippen LogP) is 5.00. The molecule has 0 aliphatic heterocycles. The number of ether oxygens (including phenoxy) is 1. The normalized spacial score (nSPS) is 24.5. The molecule has 2 aliphatic rings. The number of carbonyl (C=O) groups is 1. The molecule has 1 aromatic heterocycles. The Morgan fingerprint density at radius 1 is 1.24 bits per heavy atom. The van der Waals surface area contributed by atoms with Crippen molar-refractivity contribution in [2.75, 3.05) is 7.11 Å². The minimum atomic E-state index is -0.432. The summed E-state index contributed by atoms with van der Waals surface area (Å²) in [6, 6.07) is 11.9. The molecule has 1 aromatic carbocycles. The van der Waals surface area contributed by atoms with Gasteiger partial charge in [0.1, 0.15) is 5.75 Å². The van der Waals surface area contributed by atoms with Gasteiger partial charge in [0, 0.05) is 31.0 Å². The summed E-state index contributed by atoms with van der Waals surface area (Å²) in [5.74, 6) is 1.56. The van der Waals surface area contributed by atoms with Crippen molar-refractivity contribution in [3.63, 3.8) is 0 Å². The molecule has 1 heterocycles. The second kappa shape index (κ2) is 7.33. The molecule has 29 heavy (non-hydrogen) atoms. The third-order valence-corrected chi connectivity index (χ3v) is 7.24. The molecule has 0 spiro atoms. The van der Waals surface area contributed by atoms with Crippen LogP contribution in [0, 0.1) is 16.7 Å². The van der Waals surface area contributed by atoms with Crippen molar-refractivity contribution in [2.45, 2.75) is 46.2 Å². The quantitative estimate of drug-likeness (QED) is 0.652. The molecule has 2 saturated carbocycles. The lowest BCUT2D eigenvalue weighted by Crippen LogP contribution is -2.43. The molecule has 4 nitrogen and oxygen atoms in total. The molecule has 2 fully saturated rings. The highest BCUT2D eigenvalue weighted by Crippen LogP contribution is 2.66. The van der Waals surface area contributed by atoms with Crippen molar-refractivity contribution in [3.05, 3.63) is 72.1 Å². The summed E-state index contributed by atoms with van der Waals surface area (Å²) in [5.41, 5.74) is 2.75. The van der Waals surface area contributed by atoms with Crippen LogP contribution >= 0.6 is 0 Å². The van der Waals surface area contributed by atoms with Crippen molar-refractivity contribution in [2.24, 2.45) is 16.7 Å². The molecule has 152 valence electrons. The van der Waals surface area contributed by atoms with Crippen molar-refractivity contribution in [1.29, 1.82) is 0 Å². The van der Waals surface area contributed by atoms with E-state index in [0.29, 0.717) is 19.0 Å². The fraction of sp³-hybridized carbons (Fsp3) is 0.440. The first-order valence-electron chi connectivity index (χ1n) is 10.4. The van der Waals surface area contributed by atoms with Gasteiger partial charge in [-0.1, -0.05) is 50.3 Å². The first-order chi connectivity index (χ1) is 13.9. The number of benzene rings is 1. The standard InChI is InChI=1S/C25H30N2O2/c1-18-24(2,3)21-11-12-25(18,14-21)23(28)27(16-19-8-7-13-26-15-19)17-20-9-5-6-10-22(20)29-4/h5-10,13,15,21H,1,11-12,14,16-17H2,2-4H3/t21-,25-/m0/s1. The molecule has 0 N–H and O–H groups in total. The average molecular weight is 391 g/mol. The molecular weight excluding hydrogens is 360 g/mol. The number of hydrogen-bond donors (Lipinski definition) is 0. The minimum Gasteiger partial charge on any atom is -0.496 e. The second-order valence-corrected chi connectivity index (χ2v) is 9.06. The number of nitrogens with zero attached hydrogens (tertiary/aromatic N) is 2. The van der Waals surface area contributed by atoms with E-state index in [9.17, 15) is 4.79 Å². The summed E-state index contributed by atoms with van der Waals surface area (Å²) in [5, 5.41) is 0. The molecule has 2 bridgehead atoms. The predicted molar refractivity (Wildman–Crippen MR) is 114 cm³/mol. The van der Waals surface area contributed by atoms with Crippen LogP contribution in [-0.4, -0.2) is 22.9 Å². The second-order valence-electron chi connectivity index (χ2n) is 9.06. The van der Waals surface area contributed by atoms with Crippen LogP contribution in [0.25, 0.3) is 0 Å². The molecular formula is C25H30N2O2. The van der Waals surface area contributed by atoms with Crippen molar-refractivity contribution >= 4 is 5.91 Å². The minimum absolute atomic E-state index is 0.0261. The number of methoxy groups -OCH3 is 1. The maximum absolute atomic E-state index is 14.0. The molecule has 1 amide bonds. The third-order valence-electron chi connectivity index (χ3n) is 7.24. The van der Waals surface area contributed by atoms with E-state index in [1.54, 1.807) is 13.3 Å². The molecule has 4 rings (SSSR count). The first kappa shape index (κ1) is 19.7. The van der Waals surface area contributed by atoms with E-state index < -0.39 is 5.41 Å². The molecule has 0 unspecified atom stereocenters. The third kappa shape index (κ3) is 3.25. The largest absolute Gasteiger partial charge is 0.496 e. The van der Waals surface area contributed by atoms with E-state index in [-0.39, 0.29) is 11.3 Å². The summed E-state index contributed by atoms with van der Waals surface area (Å²) < 4.78 is 5.55. The highest BCUT2D eigenvalue weighted by atomic mass is 16.5. The molecule has 4 heteroatoms. The van der Waals surface area contributed by atoms with Crippen LogP contribution in [0.15, 0.2) is 60.9 Å². The Labute approximate surface area is 173 Å². The highest BCUT2D eigenvalue weighted by Gasteiger charge is 2.61. The van der Waals surface area contributed by atoms with Crippen LogP contribution in [0.5, 0.6) is 5.75 Å². The monoisotopic (exact) mass is 390 g/mol. The smallest absolute Gasteiger partial charge is 0.233 e. The van der Waals surface area contributed by atoms with Crippen LogP contribution in [-0.2, 0) is 17.9 Å². The number of amides is 1. The fourth-order valence-electron chi connectivity index (χ4n) is 5.38. The Morgan fingerprint density at radius 3 is 2.69 bits per heavy atom. The SMILES string of the molecule is C=C1C(C)(C)[C@H]2CC[C@]1(C(=O)N(Cc1cccnc1)Cc1ccccc1OC)C2. The van der Waals surface area contributed by atoms with Crippen molar-refractivity contribution < 1.29 is 9.53 Å². The number of pyridine rings is 1. The summed E-state index contributed by atoms with van der Waals surface area (Å²) in [6.07, 6.45) is 6.54. The maximum atomic E-state index is 14.0. The lowest BCUT2D eigenvalue weighted by atomic mass is 9.68. The van der Waals surface area contributed by atoms with Gasteiger partial charge in [-0.2, -0.15) is 0 Å². The van der Waals surface area contributed by atoms with Crippen LogP contribution < -0.4 is 4.74 Å². The van der Waals surface area contributed by atoms with Gasteiger partial charge in [-0.3, -0.25) is 9.78 Å². The van der Waals surface area contributed by atoms with Crippen LogP contribution in [0.4, 0.5) is 0 Å². The lowest BCUT2D eigenvalue weighted by Gasteiger charge is -2.40. The van der Waals surface area contributed by atoms with E-state index in [4.69, 9.17) is 4.74 Å². The van der Waals surface area contributed by atoms with Gasteiger partial charge in [-0.05, 0) is 48.3 Å². The molecule has 2 atom stereocenters. The van der Waals surface area contributed by atoms with Crippen LogP contribution in [0.2, 0.25) is 0 Å². The first-order valence-corrected chi connectivity index (χ1v) is 10.4. The zero-order valence-corrected chi connectivity index (χ0v) is 17.6. The summed E-state index contributed by atoms with van der Waals surface area (Å²) in [4.78, 5) is 20.3. The van der Waals surface area contributed by atoms with E-state index in [0.717, 1.165) is 41.7 Å². The zero-order chi connectivity index (χ0) is 20.6. The average Bonchev–Trinajstić information content (AvgIpc) is 3.27. The zero-order valence-electron chi connectivity index (χ0n) is 17.6. The number of carbonyl (C=O) groups excluding carboxylic acids is 1. The lowest BCUT2D eigenvalue weighted by molar-refractivity contribution is -0.141. The maximum Gasteiger partial charge on any atom is 0.233 e. The van der Waals surface area contributed by atoms with Gasteiger partial charge in [0.15, 0.2) is 0 Å². The summed E-state index contributed by atoms with van der Waals surface area (Å²) >= 11 is 0. The van der Waals surface area contributed by atoms with Gasteiger partial charge in [0.2, 0.25) is 5.91 Å². The number of fused-ring (bicyclic) bond motifs is 2. The number of para-hydroxylation sites is 1. The fourth-order valence-corrected chi connectivity index (χ4v) is 5.38. The van der Waals surface area contributed by atoms with Gasteiger partial charge < -0.3 is 9.64 Å². The molecule has 2 aromatic rings. The molecule has 0 radical (unpaired) electrons. The van der Waals surface area contributed by atoms with E-state index in [2.05, 4.69) is 25.4 Å². The Hall–Kier alpha value is -2.62. The Bertz CT molecular complexity index is 921. The van der Waals surface area contributed by atoms with Gasteiger partial charge in [-0.15, -0.1) is 0 Å². The van der Waals surface area contributed by atoms with Gasteiger partial charge >= 0.3 is 0 Å². The number of hydrogen-bond acceptors (Lipinski definition) is 3. The molecule has 0 saturated heterocycles. The van der Waals surface area contributed by atoms with Crippen molar-refractivity contribution in [1.82, 2.24) is 9.88 Å². The van der Waals surface area contributed by atoms with E-state index in [1.807, 2.05) is 47.5 Å². The summed E-state index contributed by atoms with van der Waals surface area (Å²) in [7, 11) is 1.67. The van der Waals surface area contributed by atoms with Gasteiger partial charge in [-0.25, -0.2) is 0 Å². The number of rotatable bonds is 6. The van der Waals surface area contributed by atoms with Crippen LogP contribution in [0.3, 0.4) is 0 Å². The topological polar surface area (TPSA) is 42.4 Å². The van der Waals surface area contributed by atoms with Gasteiger partial charge in [0.05, 0.1) is 12.5 Å². The number of aromatic nitrogens is 1. The molecule has 2 aliphatic carbocycles. The summed E-state index contributed by atoms with van der Waals surface area (Å²) in [6.45, 7) is 9.97. The van der Waals surface area contributed by atoms with Crippen LogP contribution in [0.1, 0.15) is 44.2 Å². The Balaban J connectivity index is 1.68. The Morgan fingerprint density at radius 2 is 2.03 bits per heavy atom. The van der Waals surface area contributed by atoms with E-state index in [1.165, 1.54) is 0 Å². The van der Waals surface area contributed by atoms with E-state index >= 15 is 0 Å².